The first kappa shape index (κ1) is 11.5. The highest BCUT2D eigenvalue weighted by atomic mass is 16.3. The van der Waals surface area contributed by atoms with Gasteiger partial charge in [0.1, 0.15) is 5.65 Å². The van der Waals surface area contributed by atoms with E-state index in [1.165, 1.54) is 19.3 Å². The molecule has 2 aromatic heterocycles. The van der Waals surface area contributed by atoms with Crippen LogP contribution in [0.4, 0.5) is 5.82 Å². The molecule has 0 radical (unpaired) electrons. The fourth-order valence-electron chi connectivity index (χ4n) is 2.82. The van der Waals surface area contributed by atoms with Gasteiger partial charge in [0.2, 0.25) is 0 Å². The third kappa shape index (κ3) is 1.77. The molecule has 4 heteroatoms. The molecule has 3 heterocycles. The Morgan fingerprint density at radius 2 is 2.28 bits per heavy atom. The van der Waals surface area contributed by atoms with Crippen molar-refractivity contribution < 1.29 is 5.11 Å². The second-order valence-electron chi connectivity index (χ2n) is 5.01. The number of pyridine rings is 1. The SMILES string of the molecule is CC1CCCCN1c1nc2ccccn2c1CO. The minimum absolute atomic E-state index is 0.0315. The van der Waals surface area contributed by atoms with Crippen LogP contribution >= 0.6 is 0 Å². The van der Waals surface area contributed by atoms with Crippen LogP contribution in [0.5, 0.6) is 0 Å². The van der Waals surface area contributed by atoms with E-state index in [1.807, 2.05) is 28.8 Å². The van der Waals surface area contributed by atoms with E-state index in [9.17, 15) is 5.11 Å². The van der Waals surface area contributed by atoms with Crippen molar-refractivity contribution in [2.75, 3.05) is 11.4 Å². The highest BCUT2D eigenvalue weighted by Crippen LogP contribution is 2.28. The number of rotatable bonds is 2. The number of hydrogen-bond acceptors (Lipinski definition) is 3. The molecule has 4 nitrogen and oxygen atoms in total. The molecule has 0 aromatic carbocycles. The van der Waals surface area contributed by atoms with E-state index in [1.54, 1.807) is 0 Å². The first-order chi connectivity index (χ1) is 8.81. The number of aliphatic hydroxyl groups excluding tert-OH is 1. The summed E-state index contributed by atoms with van der Waals surface area (Å²) >= 11 is 0. The fourth-order valence-corrected chi connectivity index (χ4v) is 2.82. The Morgan fingerprint density at radius 3 is 3.06 bits per heavy atom. The third-order valence-electron chi connectivity index (χ3n) is 3.83. The van der Waals surface area contributed by atoms with E-state index in [0.717, 1.165) is 23.7 Å². The number of piperidine rings is 1. The molecule has 1 unspecified atom stereocenters. The summed E-state index contributed by atoms with van der Waals surface area (Å²) in [7, 11) is 0. The number of imidazole rings is 1. The molecule has 2 aromatic rings. The molecule has 1 aliphatic rings. The lowest BCUT2D eigenvalue weighted by Gasteiger charge is -2.34. The molecule has 0 saturated carbocycles. The molecular weight excluding hydrogens is 226 g/mol. The second kappa shape index (κ2) is 4.61. The van der Waals surface area contributed by atoms with Gasteiger partial charge in [-0.2, -0.15) is 0 Å². The van der Waals surface area contributed by atoms with Crippen LogP contribution in [0, 0.1) is 0 Å². The summed E-state index contributed by atoms with van der Waals surface area (Å²) in [5.74, 6) is 0.955. The van der Waals surface area contributed by atoms with Gasteiger partial charge in [0, 0.05) is 18.8 Å². The van der Waals surface area contributed by atoms with Gasteiger partial charge in [0.25, 0.3) is 0 Å². The zero-order valence-corrected chi connectivity index (χ0v) is 10.7. The van der Waals surface area contributed by atoms with Gasteiger partial charge in [-0.25, -0.2) is 4.98 Å². The van der Waals surface area contributed by atoms with Crippen molar-refractivity contribution in [3.05, 3.63) is 30.1 Å². The van der Waals surface area contributed by atoms with Gasteiger partial charge in [-0.3, -0.25) is 4.40 Å². The molecule has 1 aliphatic heterocycles. The Balaban J connectivity index is 2.10. The van der Waals surface area contributed by atoms with Crippen LogP contribution in [-0.2, 0) is 6.61 Å². The lowest BCUT2D eigenvalue weighted by Crippen LogP contribution is -2.38. The lowest BCUT2D eigenvalue weighted by atomic mass is 10.0. The topological polar surface area (TPSA) is 40.8 Å². The molecule has 0 bridgehead atoms. The minimum atomic E-state index is 0.0315. The van der Waals surface area contributed by atoms with Crippen molar-refractivity contribution in [2.24, 2.45) is 0 Å². The lowest BCUT2D eigenvalue weighted by molar-refractivity contribution is 0.275. The number of anilines is 1. The Hall–Kier alpha value is -1.55. The zero-order chi connectivity index (χ0) is 12.5. The Bertz CT molecular complexity index is 549. The summed E-state index contributed by atoms with van der Waals surface area (Å²) in [6.45, 7) is 3.31. The molecule has 1 atom stereocenters. The van der Waals surface area contributed by atoms with Gasteiger partial charge in [0.05, 0.1) is 12.3 Å². The van der Waals surface area contributed by atoms with Crippen LogP contribution in [0.1, 0.15) is 31.9 Å². The quantitative estimate of drug-likeness (QED) is 0.882. The van der Waals surface area contributed by atoms with Gasteiger partial charge in [-0.15, -0.1) is 0 Å². The zero-order valence-electron chi connectivity index (χ0n) is 10.7. The Labute approximate surface area is 107 Å². The van der Waals surface area contributed by atoms with Crippen LogP contribution in [0.2, 0.25) is 0 Å². The van der Waals surface area contributed by atoms with Crippen LogP contribution in [-0.4, -0.2) is 27.1 Å². The number of hydrogen-bond donors (Lipinski definition) is 1. The second-order valence-corrected chi connectivity index (χ2v) is 5.01. The molecule has 0 spiro atoms. The van der Waals surface area contributed by atoms with Crippen LogP contribution in [0.3, 0.4) is 0 Å². The summed E-state index contributed by atoms with van der Waals surface area (Å²) in [4.78, 5) is 7.02. The Morgan fingerprint density at radius 1 is 1.39 bits per heavy atom. The summed E-state index contributed by atoms with van der Waals surface area (Å²) < 4.78 is 1.98. The third-order valence-corrected chi connectivity index (χ3v) is 3.83. The maximum absolute atomic E-state index is 9.63. The van der Waals surface area contributed by atoms with Gasteiger partial charge in [-0.05, 0) is 38.3 Å². The van der Waals surface area contributed by atoms with E-state index < -0.39 is 0 Å². The molecule has 1 fully saturated rings. The standard InChI is InChI=1S/C14H19N3O/c1-11-6-2-4-8-16(11)14-12(10-18)17-9-5-3-7-13(17)15-14/h3,5,7,9,11,18H,2,4,6,8,10H2,1H3. The van der Waals surface area contributed by atoms with Crippen molar-refractivity contribution >= 4 is 11.5 Å². The number of aliphatic hydroxyl groups is 1. The predicted octanol–water partition coefficient (Wildman–Crippen LogP) is 2.21. The molecule has 1 saturated heterocycles. The normalized spacial score (nSPS) is 20.6. The first-order valence-electron chi connectivity index (χ1n) is 6.64. The van der Waals surface area contributed by atoms with Crippen LogP contribution < -0.4 is 4.90 Å². The summed E-state index contributed by atoms with van der Waals surface area (Å²) in [6.07, 6.45) is 5.67. The summed E-state index contributed by atoms with van der Waals surface area (Å²) in [6, 6.07) is 6.44. The highest BCUT2D eigenvalue weighted by Gasteiger charge is 2.24. The van der Waals surface area contributed by atoms with Gasteiger partial charge >= 0.3 is 0 Å². The maximum Gasteiger partial charge on any atom is 0.153 e. The minimum Gasteiger partial charge on any atom is -0.390 e. The van der Waals surface area contributed by atoms with Gasteiger partial charge in [-0.1, -0.05) is 6.07 Å². The van der Waals surface area contributed by atoms with Crippen LogP contribution in [0.15, 0.2) is 24.4 Å². The van der Waals surface area contributed by atoms with Crippen molar-refractivity contribution in [1.82, 2.24) is 9.38 Å². The Kier molecular flexibility index (Phi) is 2.96. The fraction of sp³-hybridized carbons (Fsp3) is 0.500. The number of nitrogens with zero attached hydrogens (tertiary/aromatic N) is 3. The van der Waals surface area contributed by atoms with E-state index in [2.05, 4.69) is 16.8 Å². The largest absolute Gasteiger partial charge is 0.390 e. The molecule has 18 heavy (non-hydrogen) atoms. The van der Waals surface area contributed by atoms with E-state index in [4.69, 9.17) is 0 Å². The van der Waals surface area contributed by atoms with Gasteiger partial charge in [0.15, 0.2) is 5.82 Å². The van der Waals surface area contributed by atoms with E-state index in [-0.39, 0.29) is 6.61 Å². The molecule has 1 N–H and O–H groups in total. The van der Waals surface area contributed by atoms with Crippen molar-refractivity contribution in [3.63, 3.8) is 0 Å². The monoisotopic (exact) mass is 245 g/mol. The van der Waals surface area contributed by atoms with Crippen molar-refractivity contribution in [1.29, 1.82) is 0 Å². The molecule has 3 rings (SSSR count). The van der Waals surface area contributed by atoms with Gasteiger partial charge < -0.3 is 10.0 Å². The predicted molar refractivity (Wildman–Crippen MR) is 71.8 cm³/mol. The van der Waals surface area contributed by atoms with Crippen molar-refractivity contribution in [3.8, 4) is 0 Å². The average Bonchev–Trinajstić information content (AvgIpc) is 2.77. The number of aromatic nitrogens is 2. The van der Waals surface area contributed by atoms with Crippen LogP contribution in [0.25, 0.3) is 5.65 Å². The summed E-state index contributed by atoms with van der Waals surface area (Å²) in [5, 5.41) is 9.63. The molecular formula is C14H19N3O. The molecule has 96 valence electrons. The summed E-state index contributed by atoms with van der Waals surface area (Å²) in [5.41, 5.74) is 1.81. The first-order valence-corrected chi connectivity index (χ1v) is 6.64. The maximum atomic E-state index is 9.63. The number of fused-ring (bicyclic) bond motifs is 1. The van der Waals surface area contributed by atoms with E-state index in [0.29, 0.717) is 6.04 Å². The highest BCUT2D eigenvalue weighted by molar-refractivity contribution is 5.56. The van der Waals surface area contributed by atoms with E-state index >= 15 is 0 Å². The molecule has 0 aliphatic carbocycles. The van der Waals surface area contributed by atoms with Crippen molar-refractivity contribution in [2.45, 2.75) is 38.8 Å². The smallest absolute Gasteiger partial charge is 0.153 e. The molecule has 0 amide bonds. The average molecular weight is 245 g/mol.